The fraction of sp³-hybridized carbons (Fsp3) is 0.412. The summed E-state index contributed by atoms with van der Waals surface area (Å²) in [5.74, 6) is -3.22. The molecule has 4 atom stereocenters. The maximum absolute atomic E-state index is 12.5. The second-order valence-electron chi connectivity index (χ2n) is 6.32. The summed E-state index contributed by atoms with van der Waals surface area (Å²) in [7, 11) is 0. The van der Waals surface area contributed by atoms with Crippen LogP contribution >= 0.6 is 0 Å². The van der Waals surface area contributed by atoms with Crippen molar-refractivity contribution in [1.82, 2.24) is 0 Å². The molecule has 4 unspecified atom stereocenters. The predicted molar refractivity (Wildman–Crippen MR) is 80.2 cm³/mol. The molecular formula is C17H16F3NO3. The number of fused-ring (bicyclic) bond motifs is 2. The van der Waals surface area contributed by atoms with Crippen LogP contribution < -0.4 is 5.32 Å². The Morgan fingerprint density at radius 1 is 1.17 bits per heavy atom. The first-order valence-electron chi connectivity index (χ1n) is 7.62. The maximum atomic E-state index is 12.5. The molecule has 0 aliphatic heterocycles. The zero-order chi connectivity index (χ0) is 17.5. The minimum absolute atomic E-state index is 0.0444. The zero-order valence-corrected chi connectivity index (χ0v) is 12.6. The van der Waals surface area contributed by atoms with Gasteiger partial charge in [-0.25, -0.2) is 0 Å². The SMILES string of the molecule is O=C(O)C1C2C=CC(C2)C1C(=O)Nc1cccc(CC(F)(F)F)c1. The lowest BCUT2D eigenvalue weighted by molar-refractivity contribution is -0.146. The molecule has 3 rings (SSSR count). The number of carbonyl (C=O) groups excluding carboxylic acids is 1. The summed E-state index contributed by atoms with van der Waals surface area (Å²) < 4.78 is 37.4. The monoisotopic (exact) mass is 339 g/mol. The second-order valence-corrected chi connectivity index (χ2v) is 6.32. The van der Waals surface area contributed by atoms with Crippen LogP contribution in [0.5, 0.6) is 0 Å². The van der Waals surface area contributed by atoms with Crippen LogP contribution in [0, 0.1) is 23.7 Å². The number of alkyl halides is 3. The Kier molecular flexibility index (Phi) is 4.11. The van der Waals surface area contributed by atoms with Crippen LogP contribution in [0.4, 0.5) is 18.9 Å². The predicted octanol–water partition coefficient (Wildman–Crippen LogP) is 3.25. The third-order valence-electron chi connectivity index (χ3n) is 4.65. The molecule has 2 aliphatic carbocycles. The zero-order valence-electron chi connectivity index (χ0n) is 12.6. The molecule has 2 aliphatic rings. The fourth-order valence-electron chi connectivity index (χ4n) is 3.73. The standard InChI is InChI=1S/C17H16F3NO3/c18-17(19,20)8-9-2-1-3-12(6-9)21-15(22)13-10-4-5-11(7-10)14(13)16(23)24/h1-6,10-11,13-14H,7-8H2,(H,21,22)(H,23,24). The Labute approximate surface area is 136 Å². The van der Waals surface area contributed by atoms with Gasteiger partial charge in [0.2, 0.25) is 5.91 Å². The van der Waals surface area contributed by atoms with Crippen molar-refractivity contribution >= 4 is 17.6 Å². The van der Waals surface area contributed by atoms with Crippen molar-refractivity contribution in [3.05, 3.63) is 42.0 Å². The summed E-state index contributed by atoms with van der Waals surface area (Å²) in [6.07, 6.45) is -1.09. The smallest absolute Gasteiger partial charge is 0.393 e. The third kappa shape index (κ3) is 3.29. The van der Waals surface area contributed by atoms with Gasteiger partial charge in [-0.1, -0.05) is 24.3 Å². The molecule has 0 spiro atoms. The molecule has 1 amide bonds. The third-order valence-corrected chi connectivity index (χ3v) is 4.65. The summed E-state index contributed by atoms with van der Waals surface area (Å²) in [5, 5.41) is 11.9. The van der Waals surface area contributed by atoms with E-state index in [4.69, 9.17) is 0 Å². The van der Waals surface area contributed by atoms with Crippen molar-refractivity contribution in [1.29, 1.82) is 0 Å². The number of allylic oxidation sites excluding steroid dienone is 2. The van der Waals surface area contributed by atoms with Gasteiger partial charge < -0.3 is 10.4 Å². The number of carbonyl (C=O) groups is 2. The summed E-state index contributed by atoms with van der Waals surface area (Å²) in [6, 6.07) is 5.54. The summed E-state index contributed by atoms with van der Waals surface area (Å²) in [4.78, 5) is 23.9. The van der Waals surface area contributed by atoms with Crippen LogP contribution in [-0.2, 0) is 16.0 Å². The number of halogens is 3. The first kappa shape index (κ1) is 16.5. The van der Waals surface area contributed by atoms with Gasteiger partial charge in [-0.3, -0.25) is 9.59 Å². The average molecular weight is 339 g/mol. The van der Waals surface area contributed by atoms with Gasteiger partial charge in [0, 0.05) is 5.69 Å². The summed E-state index contributed by atoms with van der Waals surface area (Å²) in [6.45, 7) is 0. The number of nitrogens with one attached hydrogen (secondary N) is 1. The highest BCUT2D eigenvalue weighted by Gasteiger charge is 2.51. The molecule has 1 saturated carbocycles. The Bertz CT molecular complexity index is 699. The largest absolute Gasteiger partial charge is 0.481 e. The van der Waals surface area contributed by atoms with E-state index in [2.05, 4.69) is 5.32 Å². The molecule has 0 saturated heterocycles. The number of carboxylic acid groups (broad SMARTS) is 1. The number of anilines is 1. The lowest BCUT2D eigenvalue weighted by atomic mass is 9.82. The van der Waals surface area contributed by atoms with Crippen LogP contribution in [0.1, 0.15) is 12.0 Å². The van der Waals surface area contributed by atoms with Crippen LogP contribution in [0.15, 0.2) is 36.4 Å². The molecule has 24 heavy (non-hydrogen) atoms. The van der Waals surface area contributed by atoms with Crippen LogP contribution in [0.25, 0.3) is 0 Å². The van der Waals surface area contributed by atoms with Crippen LogP contribution in [0.3, 0.4) is 0 Å². The molecule has 0 radical (unpaired) electrons. The normalized spacial score (nSPS) is 28.1. The van der Waals surface area contributed by atoms with E-state index in [1.807, 2.05) is 12.2 Å². The topological polar surface area (TPSA) is 66.4 Å². The van der Waals surface area contributed by atoms with E-state index in [1.165, 1.54) is 24.3 Å². The Hall–Kier alpha value is -2.31. The number of carboxylic acids is 1. The van der Waals surface area contributed by atoms with E-state index in [9.17, 15) is 27.9 Å². The van der Waals surface area contributed by atoms with Crippen molar-refractivity contribution in [2.45, 2.75) is 19.0 Å². The summed E-state index contributed by atoms with van der Waals surface area (Å²) >= 11 is 0. The lowest BCUT2D eigenvalue weighted by Gasteiger charge is -2.24. The molecule has 128 valence electrons. The molecular weight excluding hydrogens is 323 g/mol. The number of rotatable bonds is 4. The fourth-order valence-corrected chi connectivity index (χ4v) is 3.73. The van der Waals surface area contributed by atoms with Gasteiger partial charge in [0.15, 0.2) is 0 Å². The van der Waals surface area contributed by atoms with Crippen molar-refractivity contribution < 1.29 is 27.9 Å². The van der Waals surface area contributed by atoms with Crippen molar-refractivity contribution in [3.8, 4) is 0 Å². The molecule has 1 aromatic carbocycles. The molecule has 0 heterocycles. The first-order chi connectivity index (χ1) is 11.2. The number of amides is 1. The van der Waals surface area contributed by atoms with E-state index in [0.717, 1.165) is 0 Å². The van der Waals surface area contributed by atoms with Gasteiger partial charge in [-0.05, 0) is 36.0 Å². The number of aliphatic carboxylic acids is 1. The van der Waals surface area contributed by atoms with E-state index in [1.54, 1.807) is 0 Å². The Balaban J connectivity index is 1.74. The molecule has 1 aromatic rings. The second kappa shape index (κ2) is 5.96. The Morgan fingerprint density at radius 2 is 1.83 bits per heavy atom. The van der Waals surface area contributed by atoms with E-state index in [-0.39, 0.29) is 23.1 Å². The minimum Gasteiger partial charge on any atom is -0.481 e. The quantitative estimate of drug-likeness (QED) is 0.828. The minimum atomic E-state index is -4.33. The van der Waals surface area contributed by atoms with Crippen molar-refractivity contribution in [3.63, 3.8) is 0 Å². The van der Waals surface area contributed by atoms with E-state index < -0.39 is 36.3 Å². The molecule has 2 N–H and O–H groups in total. The highest BCUT2D eigenvalue weighted by molar-refractivity contribution is 5.96. The van der Waals surface area contributed by atoms with Crippen molar-refractivity contribution in [2.75, 3.05) is 5.32 Å². The highest BCUT2D eigenvalue weighted by atomic mass is 19.4. The van der Waals surface area contributed by atoms with Gasteiger partial charge in [-0.15, -0.1) is 0 Å². The van der Waals surface area contributed by atoms with Crippen molar-refractivity contribution in [2.24, 2.45) is 23.7 Å². The number of hydrogen-bond donors (Lipinski definition) is 2. The highest BCUT2D eigenvalue weighted by Crippen LogP contribution is 2.48. The molecule has 0 aromatic heterocycles. The molecule has 1 fully saturated rings. The van der Waals surface area contributed by atoms with Gasteiger partial charge in [0.25, 0.3) is 0 Å². The van der Waals surface area contributed by atoms with E-state index in [0.29, 0.717) is 6.42 Å². The van der Waals surface area contributed by atoms with Gasteiger partial charge >= 0.3 is 12.1 Å². The van der Waals surface area contributed by atoms with Gasteiger partial charge in [0.05, 0.1) is 18.3 Å². The average Bonchev–Trinajstić information content (AvgIpc) is 3.06. The lowest BCUT2D eigenvalue weighted by Crippen LogP contribution is -2.36. The summed E-state index contributed by atoms with van der Waals surface area (Å²) in [5.41, 5.74) is 0.292. The number of benzene rings is 1. The maximum Gasteiger partial charge on any atom is 0.393 e. The van der Waals surface area contributed by atoms with Gasteiger partial charge in [-0.2, -0.15) is 13.2 Å². The molecule has 2 bridgehead atoms. The molecule has 7 heteroatoms. The first-order valence-corrected chi connectivity index (χ1v) is 7.62. The van der Waals surface area contributed by atoms with Gasteiger partial charge in [0.1, 0.15) is 0 Å². The van der Waals surface area contributed by atoms with E-state index >= 15 is 0 Å². The van der Waals surface area contributed by atoms with Crippen LogP contribution in [0.2, 0.25) is 0 Å². The van der Waals surface area contributed by atoms with Crippen LogP contribution in [-0.4, -0.2) is 23.2 Å². The Morgan fingerprint density at radius 3 is 2.46 bits per heavy atom. The molecule has 4 nitrogen and oxygen atoms in total. The number of hydrogen-bond acceptors (Lipinski definition) is 2.